The summed E-state index contributed by atoms with van der Waals surface area (Å²) in [5.41, 5.74) is 5.24. The summed E-state index contributed by atoms with van der Waals surface area (Å²) in [4.78, 5) is 26.4. The molecule has 0 spiro atoms. The number of nitrogens with zero attached hydrogens (tertiary/aromatic N) is 4. The zero-order valence-electron chi connectivity index (χ0n) is 17.4. The monoisotopic (exact) mass is 488 g/mol. The molecule has 0 atom stereocenters. The maximum absolute atomic E-state index is 13.2. The topological polar surface area (TPSA) is 117 Å². The average molecular weight is 489 g/mol. The molecule has 3 N–H and O–H groups in total. The van der Waals surface area contributed by atoms with E-state index >= 15 is 0 Å². The molecule has 1 aliphatic rings. The smallest absolute Gasteiger partial charge is 0.365 e. The highest BCUT2D eigenvalue weighted by Gasteiger charge is 2.34. The van der Waals surface area contributed by atoms with Gasteiger partial charge >= 0.3 is 12.2 Å². The summed E-state index contributed by atoms with van der Waals surface area (Å²) < 4.78 is 41.2. The van der Waals surface area contributed by atoms with Crippen LogP contribution >= 0.6 is 11.6 Å². The van der Waals surface area contributed by atoms with Crippen molar-refractivity contribution in [2.45, 2.75) is 19.3 Å². The van der Waals surface area contributed by atoms with E-state index < -0.39 is 29.2 Å². The minimum absolute atomic E-state index is 0.0416. The Kier molecular flexibility index (Phi) is 5.93. The molecule has 12 heteroatoms. The number of nitriles is 1. The number of nitrogens with two attached hydrogens (primary N) is 1. The SMILES string of the molecule is N#Cc1ccc(NC(=O)N2CCn3nc(-c4cccc(Cl)c4)c(C(N)=O)c3C2)cc1C(F)(F)F. The van der Waals surface area contributed by atoms with Crippen LogP contribution in [0, 0.1) is 11.3 Å². The Hall–Kier alpha value is -4.04. The number of nitrogens with one attached hydrogen (secondary N) is 1. The first-order chi connectivity index (χ1) is 16.1. The van der Waals surface area contributed by atoms with E-state index in [0.717, 1.165) is 6.07 Å². The summed E-state index contributed by atoms with van der Waals surface area (Å²) in [7, 11) is 0. The van der Waals surface area contributed by atoms with Crippen molar-refractivity contribution in [3.63, 3.8) is 0 Å². The molecular weight excluding hydrogens is 473 g/mol. The molecule has 3 aromatic rings. The van der Waals surface area contributed by atoms with Crippen LogP contribution in [0.3, 0.4) is 0 Å². The number of anilines is 1. The molecule has 3 amide bonds. The number of carbonyl (C=O) groups is 2. The number of alkyl halides is 3. The Morgan fingerprint density at radius 1 is 1.18 bits per heavy atom. The second-order valence-electron chi connectivity index (χ2n) is 7.49. The minimum Gasteiger partial charge on any atom is -0.365 e. The van der Waals surface area contributed by atoms with Crippen LogP contribution in [0.25, 0.3) is 11.3 Å². The average Bonchev–Trinajstić information content (AvgIpc) is 3.17. The summed E-state index contributed by atoms with van der Waals surface area (Å²) in [5, 5.41) is 16.2. The number of hydrogen-bond acceptors (Lipinski definition) is 4. The van der Waals surface area contributed by atoms with Crippen molar-refractivity contribution in [2.75, 3.05) is 11.9 Å². The normalized spacial score (nSPS) is 13.2. The molecule has 0 aliphatic carbocycles. The van der Waals surface area contributed by atoms with Gasteiger partial charge in [-0.3, -0.25) is 9.48 Å². The fourth-order valence-electron chi connectivity index (χ4n) is 3.74. The van der Waals surface area contributed by atoms with Gasteiger partial charge in [-0.05, 0) is 30.3 Å². The minimum atomic E-state index is -4.75. The van der Waals surface area contributed by atoms with Crippen LogP contribution in [0.2, 0.25) is 5.02 Å². The zero-order chi connectivity index (χ0) is 24.6. The molecule has 8 nitrogen and oxygen atoms in total. The van der Waals surface area contributed by atoms with Crippen molar-refractivity contribution >= 4 is 29.2 Å². The Bertz CT molecular complexity index is 1350. The van der Waals surface area contributed by atoms with Crippen LogP contribution in [0.4, 0.5) is 23.7 Å². The predicted molar refractivity (Wildman–Crippen MR) is 117 cm³/mol. The zero-order valence-corrected chi connectivity index (χ0v) is 18.1. The summed E-state index contributed by atoms with van der Waals surface area (Å²) in [6.45, 7) is 0.390. The number of benzene rings is 2. The lowest BCUT2D eigenvalue weighted by Gasteiger charge is -2.28. The van der Waals surface area contributed by atoms with E-state index in [4.69, 9.17) is 22.6 Å². The fourth-order valence-corrected chi connectivity index (χ4v) is 3.93. The van der Waals surface area contributed by atoms with Crippen molar-refractivity contribution in [1.82, 2.24) is 14.7 Å². The second kappa shape index (κ2) is 8.72. The number of carbonyl (C=O) groups excluding carboxylic acids is 2. The lowest BCUT2D eigenvalue weighted by atomic mass is 10.0. The third-order valence-corrected chi connectivity index (χ3v) is 5.54. The number of fused-ring (bicyclic) bond motifs is 1. The number of halogens is 4. The molecule has 0 bridgehead atoms. The van der Waals surface area contributed by atoms with Gasteiger partial charge in [0, 0.05) is 22.8 Å². The standard InChI is InChI=1S/C22H16ClF3N6O2/c23-14-3-1-2-12(8-14)19-18(20(28)33)17-11-31(6-7-32(17)30-19)21(34)29-15-5-4-13(10-27)16(9-15)22(24,25)26/h1-5,8-9H,6-7,11H2,(H2,28,33)(H,29,34). The second-order valence-corrected chi connectivity index (χ2v) is 7.93. The molecule has 1 aliphatic heterocycles. The van der Waals surface area contributed by atoms with Crippen LogP contribution in [-0.2, 0) is 19.3 Å². The molecular formula is C22H16ClF3N6O2. The molecule has 2 aromatic carbocycles. The molecule has 0 unspecified atom stereocenters. The van der Waals surface area contributed by atoms with Gasteiger partial charge in [0.05, 0.1) is 41.5 Å². The van der Waals surface area contributed by atoms with Crippen LogP contribution < -0.4 is 11.1 Å². The van der Waals surface area contributed by atoms with Gasteiger partial charge in [-0.25, -0.2) is 4.79 Å². The molecule has 34 heavy (non-hydrogen) atoms. The van der Waals surface area contributed by atoms with Crippen LogP contribution in [0.1, 0.15) is 27.2 Å². The molecule has 2 heterocycles. The van der Waals surface area contributed by atoms with E-state index in [1.807, 2.05) is 0 Å². The first kappa shape index (κ1) is 23.1. The molecule has 1 aromatic heterocycles. The molecule has 0 saturated carbocycles. The van der Waals surface area contributed by atoms with Crippen molar-refractivity contribution in [3.8, 4) is 17.3 Å². The maximum Gasteiger partial charge on any atom is 0.417 e. The lowest BCUT2D eigenvalue weighted by Crippen LogP contribution is -2.41. The third kappa shape index (κ3) is 4.40. The Morgan fingerprint density at radius 2 is 1.94 bits per heavy atom. The van der Waals surface area contributed by atoms with E-state index in [1.54, 1.807) is 28.9 Å². The number of hydrogen-bond donors (Lipinski definition) is 2. The van der Waals surface area contributed by atoms with E-state index in [-0.39, 0.29) is 30.9 Å². The predicted octanol–water partition coefficient (Wildman–Crippen LogP) is 4.24. The van der Waals surface area contributed by atoms with Crippen molar-refractivity contribution in [3.05, 3.63) is 69.9 Å². The van der Waals surface area contributed by atoms with Crippen molar-refractivity contribution in [1.29, 1.82) is 5.26 Å². The number of primary amides is 1. The van der Waals surface area contributed by atoms with Gasteiger partial charge in [-0.2, -0.15) is 23.5 Å². The van der Waals surface area contributed by atoms with Gasteiger partial charge in [0.2, 0.25) is 0 Å². The number of amides is 3. The van der Waals surface area contributed by atoms with E-state index in [2.05, 4.69) is 10.4 Å². The van der Waals surface area contributed by atoms with Crippen molar-refractivity contribution in [2.24, 2.45) is 5.73 Å². The molecule has 0 saturated heterocycles. The Morgan fingerprint density at radius 3 is 2.59 bits per heavy atom. The first-order valence-corrected chi connectivity index (χ1v) is 10.3. The van der Waals surface area contributed by atoms with Gasteiger partial charge < -0.3 is 16.0 Å². The third-order valence-electron chi connectivity index (χ3n) is 5.31. The number of aromatic nitrogens is 2. The van der Waals surface area contributed by atoms with Gasteiger partial charge in [0.1, 0.15) is 5.69 Å². The van der Waals surface area contributed by atoms with Crippen LogP contribution in [0.5, 0.6) is 0 Å². The van der Waals surface area contributed by atoms with E-state index in [1.165, 1.54) is 17.0 Å². The van der Waals surface area contributed by atoms with Gasteiger partial charge in [0.15, 0.2) is 0 Å². The molecule has 0 fully saturated rings. The van der Waals surface area contributed by atoms with Gasteiger partial charge in [0.25, 0.3) is 5.91 Å². The quantitative estimate of drug-likeness (QED) is 0.573. The molecule has 4 rings (SSSR count). The number of rotatable bonds is 3. The lowest BCUT2D eigenvalue weighted by molar-refractivity contribution is -0.137. The van der Waals surface area contributed by atoms with E-state index in [0.29, 0.717) is 28.0 Å². The Balaban J connectivity index is 1.61. The highest BCUT2D eigenvalue weighted by atomic mass is 35.5. The van der Waals surface area contributed by atoms with E-state index in [9.17, 15) is 22.8 Å². The highest BCUT2D eigenvalue weighted by Crippen LogP contribution is 2.34. The van der Waals surface area contributed by atoms with Crippen molar-refractivity contribution < 1.29 is 22.8 Å². The number of urea groups is 1. The summed E-state index contributed by atoms with van der Waals surface area (Å²) in [6, 6.07) is 10.5. The highest BCUT2D eigenvalue weighted by molar-refractivity contribution is 6.30. The van der Waals surface area contributed by atoms with Gasteiger partial charge in [-0.15, -0.1) is 0 Å². The van der Waals surface area contributed by atoms with Crippen LogP contribution in [-0.4, -0.2) is 33.2 Å². The molecule has 0 radical (unpaired) electrons. The first-order valence-electron chi connectivity index (χ1n) is 9.91. The molecule has 174 valence electrons. The summed E-state index contributed by atoms with van der Waals surface area (Å²) in [6.07, 6.45) is -4.75. The summed E-state index contributed by atoms with van der Waals surface area (Å²) >= 11 is 6.05. The largest absolute Gasteiger partial charge is 0.417 e. The van der Waals surface area contributed by atoms with Crippen LogP contribution in [0.15, 0.2) is 42.5 Å². The Labute approximate surface area is 196 Å². The summed E-state index contributed by atoms with van der Waals surface area (Å²) in [5.74, 6) is -0.736. The van der Waals surface area contributed by atoms with Gasteiger partial charge in [-0.1, -0.05) is 23.7 Å². The maximum atomic E-state index is 13.2. The fraction of sp³-hybridized carbons (Fsp3) is 0.182.